The predicted octanol–water partition coefficient (Wildman–Crippen LogP) is 0.898. The van der Waals surface area contributed by atoms with E-state index in [1.807, 2.05) is 24.3 Å². The highest BCUT2D eigenvalue weighted by Crippen LogP contribution is 2.23. The van der Waals surface area contributed by atoms with E-state index in [1.165, 1.54) is 4.90 Å². The van der Waals surface area contributed by atoms with Crippen LogP contribution in [0.25, 0.3) is 0 Å². The highest BCUT2D eigenvalue weighted by molar-refractivity contribution is 9.10. The molecule has 0 bridgehead atoms. The second-order valence-electron chi connectivity index (χ2n) is 6.13. The minimum Gasteiger partial charge on any atom is -0.490 e. The molecule has 0 unspecified atom stereocenters. The van der Waals surface area contributed by atoms with Crippen LogP contribution in [-0.2, 0) is 9.47 Å². The number of aliphatic hydroxyl groups is 1. The third-order valence-corrected chi connectivity index (χ3v) is 4.43. The Labute approximate surface area is 146 Å². The fourth-order valence-corrected chi connectivity index (χ4v) is 3.34. The van der Waals surface area contributed by atoms with Crippen LogP contribution in [0.4, 0.5) is 0 Å². The van der Waals surface area contributed by atoms with Crippen LogP contribution < -0.4 is 9.64 Å². The number of nitrogens with one attached hydrogen (secondary N) is 1. The number of morpholine rings is 1. The van der Waals surface area contributed by atoms with Crippen molar-refractivity contribution in [1.82, 2.24) is 0 Å². The second-order valence-corrected chi connectivity index (χ2v) is 6.98. The van der Waals surface area contributed by atoms with Crippen LogP contribution in [0, 0.1) is 0 Å². The van der Waals surface area contributed by atoms with Gasteiger partial charge in [-0.2, -0.15) is 0 Å². The molecule has 6 heteroatoms. The molecule has 0 spiro atoms. The van der Waals surface area contributed by atoms with Gasteiger partial charge in [-0.15, -0.1) is 0 Å². The van der Waals surface area contributed by atoms with Gasteiger partial charge < -0.3 is 24.2 Å². The molecule has 130 valence electrons. The van der Waals surface area contributed by atoms with E-state index in [1.54, 1.807) is 0 Å². The first-order valence-corrected chi connectivity index (χ1v) is 8.96. The highest BCUT2D eigenvalue weighted by Gasteiger charge is 2.27. The van der Waals surface area contributed by atoms with Crippen LogP contribution in [0.15, 0.2) is 28.7 Å². The summed E-state index contributed by atoms with van der Waals surface area (Å²) in [6.07, 6.45) is 0.0464. The molecule has 0 saturated carbocycles. The van der Waals surface area contributed by atoms with Crippen molar-refractivity contribution in [2.45, 2.75) is 32.2 Å². The molecule has 0 aromatic heterocycles. The number of halogens is 1. The van der Waals surface area contributed by atoms with Gasteiger partial charge in [0.05, 0.1) is 17.7 Å². The van der Waals surface area contributed by atoms with Crippen LogP contribution >= 0.6 is 15.9 Å². The van der Waals surface area contributed by atoms with Gasteiger partial charge >= 0.3 is 0 Å². The first-order valence-electron chi connectivity index (χ1n) is 8.16. The Morgan fingerprint density at radius 2 is 1.96 bits per heavy atom. The first-order chi connectivity index (χ1) is 11.0. The minimum absolute atomic E-state index is 0.250. The Morgan fingerprint density at radius 1 is 1.26 bits per heavy atom. The standard InChI is InChI=1S/C17H26BrNO4/c1-13-9-19(10-14(2)23-13)11-15(20)12-21-7-8-22-17-6-4-3-5-16(17)18/h3-6,13-15,20H,7-12H2,1-2H3/p+1/t13-,14-,15+/m1/s1. The zero-order valence-corrected chi connectivity index (χ0v) is 15.4. The molecule has 1 aromatic carbocycles. The lowest BCUT2D eigenvalue weighted by Gasteiger charge is -2.33. The van der Waals surface area contributed by atoms with Crippen molar-refractivity contribution >= 4 is 15.9 Å². The quantitative estimate of drug-likeness (QED) is 0.649. The van der Waals surface area contributed by atoms with Gasteiger partial charge in [-0.25, -0.2) is 0 Å². The summed E-state index contributed by atoms with van der Waals surface area (Å²) in [5, 5.41) is 10.1. The number of rotatable bonds is 8. The molecule has 1 saturated heterocycles. The summed E-state index contributed by atoms with van der Waals surface area (Å²) < 4.78 is 17.8. The smallest absolute Gasteiger partial charge is 0.133 e. The zero-order chi connectivity index (χ0) is 16.7. The van der Waals surface area contributed by atoms with Crippen molar-refractivity contribution in [3.8, 4) is 5.75 Å². The summed E-state index contributed by atoms with van der Waals surface area (Å²) in [5.41, 5.74) is 0. The normalized spacial score (nSPS) is 26.0. The van der Waals surface area contributed by atoms with Gasteiger partial charge in [0.1, 0.15) is 50.3 Å². The highest BCUT2D eigenvalue weighted by atomic mass is 79.9. The fourth-order valence-electron chi connectivity index (χ4n) is 2.94. The van der Waals surface area contributed by atoms with Crippen molar-refractivity contribution in [3.05, 3.63) is 28.7 Å². The topological polar surface area (TPSA) is 52.4 Å². The molecule has 0 radical (unpaired) electrons. The molecule has 1 aliphatic rings. The molecular weight excluding hydrogens is 362 g/mol. The lowest BCUT2D eigenvalue weighted by atomic mass is 10.2. The van der Waals surface area contributed by atoms with Crippen molar-refractivity contribution in [2.24, 2.45) is 0 Å². The average Bonchev–Trinajstić information content (AvgIpc) is 2.47. The van der Waals surface area contributed by atoms with E-state index in [2.05, 4.69) is 29.8 Å². The summed E-state index contributed by atoms with van der Waals surface area (Å²) in [6.45, 7) is 8.00. The van der Waals surface area contributed by atoms with Crippen molar-refractivity contribution in [1.29, 1.82) is 0 Å². The zero-order valence-electron chi connectivity index (χ0n) is 13.8. The molecule has 0 amide bonds. The number of para-hydroxylation sites is 1. The molecule has 1 fully saturated rings. The van der Waals surface area contributed by atoms with Crippen molar-refractivity contribution in [2.75, 3.05) is 39.5 Å². The van der Waals surface area contributed by atoms with E-state index >= 15 is 0 Å². The lowest BCUT2D eigenvalue weighted by molar-refractivity contribution is -0.918. The van der Waals surface area contributed by atoms with E-state index in [4.69, 9.17) is 14.2 Å². The fraction of sp³-hybridized carbons (Fsp3) is 0.647. The monoisotopic (exact) mass is 388 g/mol. The van der Waals surface area contributed by atoms with Crippen LogP contribution in [0.3, 0.4) is 0 Å². The van der Waals surface area contributed by atoms with E-state index < -0.39 is 6.10 Å². The number of ether oxygens (including phenoxy) is 3. The molecule has 0 aliphatic carbocycles. The van der Waals surface area contributed by atoms with Crippen LogP contribution in [0.5, 0.6) is 5.75 Å². The predicted molar refractivity (Wildman–Crippen MR) is 92.0 cm³/mol. The second kappa shape index (κ2) is 9.59. The summed E-state index contributed by atoms with van der Waals surface area (Å²) in [6, 6.07) is 7.72. The molecule has 2 rings (SSSR count). The maximum Gasteiger partial charge on any atom is 0.133 e. The molecular formula is C17H27BrNO4+. The van der Waals surface area contributed by atoms with Crippen molar-refractivity contribution in [3.63, 3.8) is 0 Å². The summed E-state index contributed by atoms with van der Waals surface area (Å²) in [7, 11) is 0. The lowest BCUT2D eigenvalue weighted by Crippen LogP contribution is -3.16. The van der Waals surface area contributed by atoms with Crippen LogP contribution in [0.1, 0.15) is 13.8 Å². The molecule has 3 atom stereocenters. The number of benzene rings is 1. The van der Waals surface area contributed by atoms with Gasteiger partial charge in [-0.05, 0) is 41.9 Å². The van der Waals surface area contributed by atoms with Gasteiger partial charge in [0.15, 0.2) is 0 Å². The first kappa shape index (κ1) is 18.7. The van der Waals surface area contributed by atoms with Gasteiger partial charge in [0.2, 0.25) is 0 Å². The van der Waals surface area contributed by atoms with Crippen LogP contribution in [0.2, 0.25) is 0 Å². The van der Waals surface area contributed by atoms with E-state index in [-0.39, 0.29) is 12.2 Å². The molecule has 5 nitrogen and oxygen atoms in total. The van der Waals surface area contributed by atoms with Gasteiger partial charge in [-0.3, -0.25) is 0 Å². The summed E-state index contributed by atoms with van der Waals surface area (Å²) >= 11 is 3.43. The Balaban J connectivity index is 1.58. The van der Waals surface area contributed by atoms with Crippen molar-refractivity contribution < 1.29 is 24.2 Å². The van der Waals surface area contributed by atoms with Gasteiger partial charge in [-0.1, -0.05) is 12.1 Å². The average molecular weight is 389 g/mol. The molecule has 1 heterocycles. The summed E-state index contributed by atoms with van der Waals surface area (Å²) in [4.78, 5) is 1.37. The van der Waals surface area contributed by atoms with E-state index in [0.717, 1.165) is 23.3 Å². The maximum absolute atomic E-state index is 10.1. The van der Waals surface area contributed by atoms with Gasteiger partial charge in [0.25, 0.3) is 0 Å². The Bertz CT molecular complexity index is 464. The Kier molecular flexibility index (Phi) is 7.79. The van der Waals surface area contributed by atoms with E-state index in [0.29, 0.717) is 26.4 Å². The molecule has 1 aliphatic heterocycles. The van der Waals surface area contributed by atoms with Crippen LogP contribution in [-0.4, -0.2) is 62.9 Å². The maximum atomic E-state index is 10.1. The third kappa shape index (κ3) is 6.77. The van der Waals surface area contributed by atoms with E-state index in [9.17, 15) is 5.11 Å². The molecule has 23 heavy (non-hydrogen) atoms. The Morgan fingerprint density at radius 3 is 2.65 bits per heavy atom. The molecule has 1 aromatic rings. The number of aliphatic hydroxyl groups excluding tert-OH is 1. The number of hydrogen-bond donors (Lipinski definition) is 2. The van der Waals surface area contributed by atoms with Gasteiger partial charge in [0, 0.05) is 0 Å². The Hall–Kier alpha value is -0.660. The SMILES string of the molecule is C[C@@H]1C[NH+](C[C@H](O)COCCOc2ccccc2Br)C[C@@H](C)O1. The number of quaternary nitrogens is 1. The largest absolute Gasteiger partial charge is 0.490 e. The summed E-state index contributed by atoms with van der Waals surface area (Å²) in [5.74, 6) is 0.803. The third-order valence-electron chi connectivity index (χ3n) is 3.77. The number of hydrogen-bond acceptors (Lipinski definition) is 4. The minimum atomic E-state index is -0.453. The molecule has 2 N–H and O–H groups in total.